The van der Waals surface area contributed by atoms with E-state index in [0.717, 1.165) is 43.2 Å². The first-order valence-corrected chi connectivity index (χ1v) is 16.1. The van der Waals surface area contributed by atoms with Crippen LogP contribution in [0, 0.1) is 19.8 Å². The number of ether oxygens (including phenoxy) is 1. The van der Waals surface area contributed by atoms with Crippen LogP contribution in [-0.4, -0.2) is 41.0 Å². The van der Waals surface area contributed by atoms with Crippen molar-refractivity contribution in [3.63, 3.8) is 0 Å². The summed E-state index contributed by atoms with van der Waals surface area (Å²) >= 11 is 6.50. The zero-order valence-corrected chi connectivity index (χ0v) is 28.1. The molecular weight excluding hydrogens is 562 g/mol. The Hall–Kier alpha value is -3.06. The SMILES string of the molecule is CCCCCCCCN(C(=O)C(NC(=O)OC(C)(C)C)C(C)CC)C(C(=O)Nc1c(C)cccc1Cl)c1cccc(C)c1. The van der Waals surface area contributed by atoms with Gasteiger partial charge in [0.1, 0.15) is 17.7 Å². The second-order valence-electron chi connectivity index (χ2n) is 12.5. The minimum absolute atomic E-state index is 0.195. The lowest BCUT2D eigenvalue weighted by atomic mass is 9.95. The summed E-state index contributed by atoms with van der Waals surface area (Å²) in [5.41, 5.74) is 2.29. The van der Waals surface area contributed by atoms with Gasteiger partial charge in [-0.25, -0.2) is 4.79 Å². The Kier molecular flexibility index (Phi) is 14.5. The Morgan fingerprint density at radius 3 is 2.21 bits per heavy atom. The maximum atomic E-state index is 14.6. The van der Waals surface area contributed by atoms with Gasteiger partial charge in [-0.2, -0.15) is 0 Å². The molecule has 0 aliphatic rings. The first-order chi connectivity index (χ1) is 20.3. The number of hydrogen-bond donors (Lipinski definition) is 2. The van der Waals surface area contributed by atoms with Crippen molar-refractivity contribution in [2.75, 3.05) is 11.9 Å². The number of alkyl carbamates (subject to hydrolysis) is 1. The molecular formula is C35H52ClN3O4. The van der Waals surface area contributed by atoms with Crippen molar-refractivity contribution in [3.8, 4) is 0 Å². The van der Waals surface area contributed by atoms with E-state index in [4.69, 9.17) is 16.3 Å². The van der Waals surface area contributed by atoms with Crippen LogP contribution in [0.15, 0.2) is 42.5 Å². The fourth-order valence-electron chi connectivity index (χ4n) is 5.02. The lowest BCUT2D eigenvalue weighted by Crippen LogP contribution is -2.55. The molecule has 0 saturated heterocycles. The molecule has 8 heteroatoms. The summed E-state index contributed by atoms with van der Waals surface area (Å²) in [5, 5.41) is 6.29. The molecule has 0 aliphatic carbocycles. The molecule has 2 N–H and O–H groups in total. The number of hydrogen-bond acceptors (Lipinski definition) is 4. The summed E-state index contributed by atoms with van der Waals surface area (Å²) in [6.45, 7) is 15.6. The number of amides is 3. The second-order valence-corrected chi connectivity index (χ2v) is 13.0. The van der Waals surface area contributed by atoms with Crippen molar-refractivity contribution in [2.45, 2.75) is 118 Å². The average molecular weight is 614 g/mol. The third-order valence-electron chi connectivity index (χ3n) is 7.57. The number of benzene rings is 2. The van der Waals surface area contributed by atoms with Gasteiger partial charge in [-0.05, 0) is 64.2 Å². The van der Waals surface area contributed by atoms with Crippen molar-refractivity contribution in [1.82, 2.24) is 10.2 Å². The summed E-state index contributed by atoms with van der Waals surface area (Å²) < 4.78 is 5.53. The quantitative estimate of drug-likeness (QED) is 0.197. The van der Waals surface area contributed by atoms with E-state index in [0.29, 0.717) is 29.2 Å². The van der Waals surface area contributed by atoms with E-state index < -0.39 is 23.8 Å². The molecule has 238 valence electrons. The summed E-state index contributed by atoms with van der Waals surface area (Å²) in [7, 11) is 0. The number of para-hydroxylation sites is 1. The summed E-state index contributed by atoms with van der Waals surface area (Å²) in [6.07, 6.45) is 6.16. The van der Waals surface area contributed by atoms with Gasteiger partial charge in [0.2, 0.25) is 5.91 Å². The Morgan fingerprint density at radius 1 is 0.953 bits per heavy atom. The number of nitrogens with zero attached hydrogens (tertiary/aromatic N) is 1. The standard InChI is InChI=1S/C35H52ClN3O4/c1-9-11-12-13-14-15-22-39(33(41)30(25(4)10-2)38-34(42)43-35(6,7)8)31(27-20-16-18-24(3)23-27)32(40)37-29-26(5)19-17-21-28(29)36/h16-21,23,25,30-31H,9-15,22H2,1-8H3,(H,37,40)(H,38,42). The van der Waals surface area contributed by atoms with Gasteiger partial charge in [0.25, 0.3) is 5.91 Å². The van der Waals surface area contributed by atoms with E-state index in [2.05, 4.69) is 17.6 Å². The molecule has 43 heavy (non-hydrogen) atoms. The number of carbonyl (C=O) groups excluding carboxylic acids is 3. The summed E-state index contributed by atoms with van der Waals surface area (Å²) in [6, 6.07) is 11.3. The van der Waals surface area contributed by atoms with E-state index in [-0.39, 0.29) is 17.7 Å². The summed E-state index contributed by atoms with van der Waals surface area (Å²) in [5.74, 6) is -0.869. The summed E-state index contributed by atoms with van der Waals surface area (Å²) in [4.78, 5) is 43.4. The molecule has 0 bridgehead atoms. The molecule has 3 unspecified atom stereocenters. The molecule has 2 aromatic carbocycles. The van der Waals surface area contributed by atoms with Crippen LogP contribution < -0.4 is 10.6 Å². The van der Waals surface area contributed by atoms with Crippen molar-refractivity contribution in [2.24, 2.45) is 5.92 Å². The fraction of sp³-hybridized carbons (Fsp3) is 0.571. The number of unbranched alkanes of at least 4 members (excludes halogenated alkanes) is 5. The maximum Gasteiger partial charge on any atom is 0.408 e. The molecule has 0 aromatic heterocycles. The first kappa shape index (κ1) is 36.1. The topological polar surface area (TPSA) is 87.7 Å². The van der Waals surface area contributed by atoms with Crippen molar-refractivity contribution in [1.29, 1.82) is 0 Å². The van der Waals surface area contributed by atoms with Crippen LogP contribution in [0.4, 0.5) is 10.5 Å². The molecule has 0 spiro atoms. The minimum Gasteiger partial charge on any atom is -0.444 e. The molecule has 0 fully saturated rings. The van der Waals surface area contributed by atoms with Crippen molar-refractivity contribution < 1.29 is 19.1 Å². The van der Waals surface area contributed by atoms with E-state index in [1.807, 2.05) is 64.1 Å². The predicted molar refractivity (Wildman–Crippen MR) is 176 cm³/mol. The van der Waals surface area contributed by atoms with Crippen LogP contribution in [0.1, 0.15) is 109 Å². The third-order valence-corrected chi connectivity index (χ3v) is 7.89. The van der Waals surface area contributed by atoms with Gasteiger partial charge in [-0.3, -0.25) is 9.59 Å². The molecule has 0 aliphatic heterocycles. The monoisotopic (exact) mass is 613 g/mol. The smallest absolute Gasteiger partial charge is 0.408 e. The van der Waals surface area contributed by atoms with Gasteiger partial charge < -0.3 is 20.3 Å². The molecule has 3 atom stereocenters. The molecule has 0 radical (unpaired) electrons. The van der Waals surface area contributed by atoms with Gasteiger partial charge in [0, 0.05) is 6.54 Å². The first-order valence-electron chi connectivity index (χ1n) is 15.7. The highest BCUT2D eigenvalue weighted by Gasteiger charge is 2.38. The number of aryl methyl sites for hydroxylation is 2. The third kappa shape index (κ3) is 11.5. The minimum atomic E-state index is -0.939. The number of rotatable bonds is 15. The Balaban J connectivity index is 2.57. The maximum absolute atomic E-state index is 14.6. The van der Waals surface area contributed by atoms with E-state index in [1.54, 1.807) is 31.7 Å². The highest BCUT2D eigenvalue weighted by Crippen LogP contribution is 2.30. The zero-order valence-electron chi connectivity index (χ0n) is 27.4. The molecule has 7 nitrogen and oxygen atoms in total. The number of anilines is 1. The number of halogens is 1. The molecule has 2 aromatic rings. The molecule has 0 saturated carbocycles. The Labute approximate surface area is 264 Å². The lowest BCUT2D eigenvalue weighted by Gasteiger charge is -2.36. The van der Waals surface area contributed by atoms with Gasteiger partial charge in [-0.1, -0.05) is 113 Å². The number of carbonyl (C=O) groups is 3. The van der Waals surface area contributed by atoms with Crippen LogP contribution in [0.5, 0.6) is 0 Å². The zero-order chi connectivity index (χ0) is 32.2. The Bertz CT molecular complexity index is 1190. The van der Waals surface area contributed by atoms with E-state index >= 15 is 0 Å². The highest BCUT2D eigenvalue weighted by atomic mass is 35.5. The molecule has 0 heterocycles. The second kappa shape index (κ2) is 17.3. The average Bonchev–Trinajstić information content (AvgIpc) is 2.93. The Morgan fingerprint density at radius 2 is 1.60 bits per heavy atom. The van der Waals surface area contributed by atoms with Gasteiger partial charge in [0.05, 0.1) is 10.7 Å². The number of nitrogens with one attached hydrogen (secondary N) is 2. The predicted octanol–water partition coefficient (Wildman–Crippen LogP) is 8.77. The van der Waals surface area contributed by atoms with Crippen molar-refractivity contribution in [3.05, 3.63) is 64.2 Å². The van der Waals surface area contributed by atoms with Crippen LogP contribution in [0.25, 0.3) is 0 Å². The fourth-order valence-corrected chi connectivity index (χ4v) is 5.29. The van der Waals surface area contributed by atoms with Gasteiger partial charge in [-0.15, -0.1) is 0 Å². The van der Waals surface area contributed by atoms with Crippen LogP contribution in [0.3, 0.4) is 0 Å². The van der Waals surface area contributed by atoms with E-state index in [9.17, 15) is 14.4 Å². The van der Waals surface area contributed by atoms with Crippen LogP contribution >= 0.6 is 11.6 Å². The van der Waals surface area contributed by atoms with Gasteiger partial charge in [0.15, 0.2) is 0 Å². The van der Waals surface area contributed by atoms with Crippen LogP contribution in [-0.2, 0) is 14.3 Å². The highest BCUT2D eigenvalue weighted by molar-refractivity contribution is 6.34. The largest absolute Gasteiger partial charge is 0.444 e. The van der Waals surface area contributed by atoms with Crippen LogP contribution in [0.2, 0.25) is 5.02 Å². The van der Waals surface area contributed by atoms with Gasteiger partial charge >= 0.3 is 6.09 Å². The lowest BCUT2D eigenvalue weighted by molar-refractivity contribution is -0.142. The normalized spacial score (nSPS) is 13.5. The van der Waals surface area contributed by atoms with E-state index in [1.165, 1.54) is 6.42 Å². The molecule has 3 amide bonds. The van der Waals surface area contributed by atoms with Crippen molar-refractivity contribution >= 4 is 35.2 Å². The molecule has 2 rings (SSSR count).